The molecule has 2 heterocycles. The van der Waals surface area contributed by atoms with Crippen LogP contribution in [0.25, 0.3) is 10.9 Å². The summed E-state index contributed by atoms with van der Waals surface area (Å²) in [6.07, 6.45) is 0.161. The molecule has 0 unspecified atom stereocenters. The molecular formula is C16H19N3O2. The van der Waals surface area contributed by atoms with Gasteiger partial charge >= 0.3 is 0 Å². The Morgan fingerprint density at radius 3 is 2.90 bits per heavy atom. The molecule has 0 spiro atoms. The molecule has 3 N–H and O–H groups in total. The molecule has 1 aromatic heterocycles. The van der Waals surface area contributed by atoms with Crippen molar-refractivity contribution in [3.63, 3.8) is 0 Å². The highest BCUT2D eigenvalue weighted by Gasteiger charge is 2.33. The summed E-state index contributed by atoms with van der Waals surface area (Å²) in [6.45, 7) is 0.910. The number of aliphatic hydroxyl groups is 1. The Labute approximate surface area is 123 Å². The van der Waals surface area contributed by atoms with E-state index in [0.29, 0.717) is 19.5 Å². The molecule has 21 heavy (non-hydrogen) atoms. The Morgan fingerprint density at radius 1 is 1.29 bits per heavy atom. The number of aliphatic hydroxyl groups excluding tert-OH is 1. The first-order chi connectivity index (χ1) is 10.2. The Bertz CT molecular complexity index is 659. The van der Waals surface area contributed by atoms with Crippen LogP contribution in [0.1, 0.15) is 5.69 Å². The largest absolute Gasteiger partial charge is 0.391 e. The minimum Gasteiger partial charge on any atom is -0.391 e. The van der Waals surface area contributed by atoms with Crippen molar-refractivity contribution < 1.29 is 9.90 Å². The van der Waals surface area contributed by atoms with Crippen LogP contribution in [0.5, 0.6) is 0 Å². The first-order valence-corrected chi connectivity index (χ1v) is 7.18. The van der Waals surface area contributed by atoms with Crippen LogP contribution in [0.4, 0.5) is 0 Å². The molecule has 2 atom stereocenters. The third kappa shape index (κ3) is 2.89. The van der Waals surface area contributed by atoms with Gasteiger partial charge < -0.3 is 15.7 Å². The lowest BCUT2D eigenvalue weighted by atomic mass is 9.99. The molecule has 2 aromatic rings. The number of nitrogens with zero attached hydrogens (tertiary/aromatic N) is 2. The summed E-state index contributed by atoms with van der Waals surface area (Å²) >= 11 is 0. The van der Waals surface area contributed by atoms with Crippen molar-refractivity contribution in [2.75, 3.05) is 19.6 Å². The second-order valence-corrected chi connectivity index (χ2v) is 5.53. The predicted molar refractivity (Wildman–Crippen MR) is 80.6 cm³/mol. The van der Waals surface area contributed by atoms with E-state index >= 15 is 0 Å². The molecule has 1 aliphatic heterocycles. The van der Waals surface area contributed by atoms with E-state index in [1.54, 1.807) is 4.90 Å². The molecular weight excluding hydrogens is 266 g/mol. The lowest BCUT2D eigenvalue weighted by Gasteiger charge is -2.14. The number of hydrogen-bond acceptors (Lipinski definition) is 4. The molecule has 1 aliphatic rings. The minimum atomic E-state index is -0.506. The predicted octanol–water partition coefficient (Wildman–Crippen LogP) is 0.555. The summed E-state index contributed by atoms with van der Waals surface area (Å²) in [5, 5.41) is 11.2. The Kier molecular flexibility index (Phi) is 3.86. The standard InChI is InChI=1S/C16H19N3O2/c17-8-16(21)19-9-12(15(20)10-19)7-13-6-5-11-3-1-2-4-14(11)18-13/h1-6,12,15,20H,7-10,17H2/t12-,15-/m1/s1. The molecule has 5 nitrogen and oxygen atoms in total. The van der Waals surface area contributed by atoms with Gasteiger partial charge in [0.1, 0.15) is 0 Å². The van der Waals surface area contributed by atoms with Crippen molar-refractivity contribution in [1.29, 1.82) is 0 Å². The molecule has 5 heteroatoms. The van der Waals surface area contributed by atoms with E-state index in [9.17, 15) is 9.90 Å². The summed E-state index contributed by atoms with van der Waals surface area (Å²) in [7, 11) is 0. The third-order valence-electron chi connectivity index (χ3n) is 4.06. The maximum absolute atomic E-state index is 11.6. The number of carbonyl (C=O) groups excluding carboxylic acids is 1. The Hall–Kier alpha value is -1.98. The first-order valence-electron chi connectivity index (χ1n) is 7.18. The van der Waals surface area contributed by atoms with Crippen LogP contribution < -0.4 is 5.73 Å². The summed E-state index contributed by atoms with van der Waals surface area (Å²) < 4.78 is 0. The number of rotatable bonds is 3. The topological polar surface area (TPSA) is 79.5 Å². The van der Waals surface area contributed by atoms with E-state index in [-0.39, 0.29) is 18.4 Å². The normalized spacial score (nSPS) is 21.9. The molecule has 1 amide bonds. The fourth-order valence-electron chi connectivity index (χ4n) is 2.88. The van der Waals surface area contributed by atoms with Crippen LogP contribution in [0, 0.1) is 5.92 Å². The highest BCUT2D eigenvalue weighted by atomic mass is 16.3. The quantitative estimate of drug-likeness (QED) is 0.863. The van der Waals surface area contributed by atoms with Gasteiger partial charge in [-0.15, -0.1) is 0 Å². The van der Waals surface area contributed by atoms with Gasteiger partial charge in [-0.05, 0) is 18.6 Å². The van der Waals surface area contributed by atoms with Crippen LogP contribution in [0.2, 0.25) is 0 Å². The van der Waals surface area contributed by atoms with Crippen LogP contribution in [-0.4, -0.2) is 46.6 Å². The maximum atomic E-state index is 11.6. The zero-order valence-electron chi connectivity index (χ0n) is 11.8. The maximum Gasteiger partial charge on any atom is 0.236 e. The Morgan fingerprint density at radius 2 is 2.10 bits per heavy atom. The van der Waals surface area contributed by atoms with Crippen molar-refractivity contribution in [3.8, 4) is 0 Å². The molecule has 110 valence electrons. The van der Waals surface area contributed by atoms with Crippen LogP contribution in [0.3, 0.4) is 0 Å². The number of aromatic nitrogens is 1. The van der Waals surface area contributed by atoms with Gasteiger partial charge in [0.25, 0.3) is 0 Å². The fourth-order valence-corrected chi connectivity index (χ4v) is 2.88. The summed E-state index contributed by atoms with van der Waals surface area (Å²) in [5.41, 5.74) is 7.27. The van der Waals surface area contributed by atoms with Crippen molar-refractivity contribution in [1.82, 2.24) is 9.88 Å². The van der Waals surface area contributed by atoms with Crippen molar-refractivity contribution in [2.45, 2.75) is 12.5 Å². The van der Waals surface area contributed by atoms with Crippen molar-refractivity contribution in [3.05, 3.63) is 42.1 Å². The molecule has 0 bridgehead atoms. The highest BCUT2D eigenvalue weighted by molar-refractivity contribution is 5.79. The minimum absolute atomic E-state index is 0.00629. The molecule has 3 rings (SSSR count). The third-order valence-corrected chi connectivity index (χ3v) is 4.06. The molecule has 0 radical (unpaired) electrons. The number of pyridine rings is 1. The number of hydrogen-bond donors (Lipinski definition) is 2. The van der Waals surface area contributed by atoms with E-state index in [2.05, 4.69) is 4.98 Å². The van der Waals surface area contributed by atoms with Gasteiger partial charge in [-0.25, -0.2) is 0 Å². The van der Waals surface area contributed by atoms with Crippen LogP contribution >= 0.6 is 0 Å². The van der Waals surface area contributed by atoms with Crippen LogP contribution in [-0.2, 0) is 11.2 Å². The van der Waals surface area contributed by atoms with Gasteiger partial charge in [0, 0.05) is 30.1 Å². The lowest BCUT2D eigenvalue weighted by molar-refractivity contribution is -0.129. The SMILES string of the molecule is NCC(=O)N1C[C@@H](Cc2ccc3ccccc3n2)[C@H](O)C1. The van der Waals surface area contributed by atoms with Gasteiger partial charge in [0.15, 0.2) is 0 Å². The average Bonchev–Trinajstić information content (AvgIpc) is 2.87. The van der Waals surface area contributed by atoms with Gasteiger partial charge in [-0.2, -0.15) is 0 Å². The highest BCUT2D eigenvalue weighted by Crippen LogP contribution is 2.22. The van der Waals surface area contributed by atoms with E-state index in [1.165, 1.54) is 0 Å². The molecule has 1 saturated heterocycles. The number of amides is 1. The smallest absolute Gasteiger partial charge is 0.236 e. The summed E-state index contributed by atoms with van der Waals surface area (Å²) in [6, 6.07) is 12.0. The first kappa shape index (κ1) is 14.0. The molecule has 1 fully saturated rings. The second kappa shape index (κ2) is 5.79. The Balaban J connectivity index is 1.74. The van der Waals surface area contributed by atoms with Gasteiger partial charge in [0.05, 0.1) is 18.2 Å². The number of carbonyl (C=O) groups is 1. The monoisotopic (exact) mass is 285 g/mol. The van der Waals surface area contributed by atoms with Gasteiger partial charge in [-0.3, -0.25) is 9.78 Å². The molecule has 1 aromatic carbocycles. The fraction of sp³-hybridized carbons (Fsp3) is 0.375. The number of likely N-dealkylation sites (tertiary alicyclic amines) is 1. The number of β-amino-alcohol motifs (C(OH)–C–C–N with tert-alkyl or cyclic N) is 1. The van der Waals surface area contributed by atoms with Gasteiger partial charge in [-0.1, -0.05) is 24.3 Å². The number of benzene rings is 1. The summed E-state index contributed by atoms with van der Waals surface area (Å²) in [5.74, 6) is -0.0859. The van der Waals surface area contributed by atoms with Crippen LogP contribution in [0.15, 0.2) is 36.4 Å². The van der Waals surface area contributed by atoms with E-state index in [1.807, 2.05) is 36.4 Å². The van der Waals surface area contributed by atoms with Gasteiger partial charge in [0.2, 0.25) is 5.91 Å². The van der Waals surface area contributed by atoms with Crippen molar-refractivity contribution in [2.24, 2.45) is 11.7 Å². The molecule has 0 saturated carbocycles. The number of fused-ring (bicyclic) bond motifs is 1. The summed E-state index contributed by atoms with van der Waals surface area (Å²) in [4.78, 5) is 17.9. The van der Waals surface area contributed by atoms with E-state index < -0.39 is 6.10 Å². The average molecular weight is 285 g/mol. The van der Waals surface area contributed by atoms with Crippen molar-refractivity contribution >= 4 is 16.8 Å². The molecule has 0 aliphatic carbocycles. The number of nitrogens with two attached hydrogens (primary N) is 1. The zero-order valence-corrected chi connectivity index (χ0v) is 11.8. The van der Waals surface area contributed by atoms with E-state index in [4.69, 9.17) is 5.73 Å². The number of para-hydroxylation sites is 1. The van der Waals surface area contributed by atoms with E-state index in [0.717, 1.165) is 16.6 Å². The zero-order chi connectivity index (χ0) is 14.8. The second-order valence-electron chi connectivity index (χ2n) is 5.53. The lowest BCUT2D eigenvalue weighted by Crippen LogP contribution is -2.34.